The second kappa shape index (κ2) is 11.5. The van der Waals surface area contributed by atoms with Gasteiger partial charge in [-0.25, -0.2) is 0 Å². The van der Waals surface area contributed by atoms with Crippen LogP contribution < -0.4 is 4.90 Å². The summed E-state index contributed by atoms with van der Waals surface area (Å²) in [6.07, 6.45) is 1.99. The molecule has 0 bridgehead atoms. The van der Waals surface area contributed by atoms with E-state index in [1.807, 2.05) is 35.2 Å². The van der Waals surface area contributed by atoms with E-state index in [0.717, 1.165) is 36.5 Å². The largest absolute Gasteiger partial charge is 0.376 e. The summed E-state index contributed by atoms with van der Waals surface area (Å²) in [4.78, 5) is 30.6. The third kappa shape index (κ3) is 6.14. The predicted molar refractivity (Wildman–Crippen MR) is 143 cm³/mol. The summed E-state index contributed by atoms with van der Waals surface area (Å²) in [5.74, 6) is 0.696. The van der Waals surface area contributed by atoms with Gasteiger partial charge in [-0.15, -0.1) is 10.2 Å². The van der Waals surface area contributed by atoms with E-state index in [1.165, 1.54) is 18.1 Å². The van der Waals surface area contributed by atoms with Gasteiger partial charge in [0.05, 0.1) is 18.3 Å². The van der Waals surface area contributed by atoms with Crippen molar-refractivity contribution in [3.63, 3.8) is 0 Å². The van der Waals surface area contributed by atoms with E-state index >= 15 is 0 Å². The normalized spacial score (nSPS) is 17.6. The van der Waals surface area contributed by atoms with Gasteiger partial charge in [-0.1, -0.05) is 54.6 Å². The van der Waals surface area contributed by atoms with Gasteiger partial charge in [0.2, 0.25) is 11.8 Å². The average molecular weight is 500 g/mol. The molecule has 1 unspecified atom stereocenters. The van der Waals surface area contributed by atoms with Crippen LogP contribution in [0.15, 0.2) is 66.7 Å². The molecule has 3 heterocycles. The minimum Gasteiger partial charge on any atom is -0.376 e. The monoisotopic (exact) mass is 499 g/mol. The van der Waals surface area contributed by atoms with E-state index in [9.17, 15) is 9.59 Å². The summed E-state index contributed by atoms with van der Waals surface area (Å²) >= 11 is 0. The maximum atomic E-state index is 12.9. The third-order valence-electron chi connectivity index (χ3n) is 7.11. The number of carbonyl (C=O) groups excluding carboxylic acids is 2. The Morgan fingerprint density at radius 1 is 0.892 bits per heavy atom. The van der Waals surface area contributed by atoms with E-state index in [2.05, 4.69) is 51.5 Å². The lowest BCUT2D eigenvalue weighted by molar-refractivity contribution is -0.140. The first-order valence-electron chi connectivity index (χ1n) is 13.0. The van der Waals surface area contributed by atoms with Crippen molar-refractivity contribution in [2.24, 2.45) is 0 Å². The summed E-state index contributed by atoms with van der Waals surface area (Å²) in [6, 6.07) is 22.6. The summed E-state index contributed by atoms with van der Waals surface area (Å²) < 4.78 is 5.65. The van der Waals surface area contributed by atoms with Crippen LogP contribution in [0.5, 0.6) is 0 Å². The zero-order valence-electron chi connectivity index (χ0n) is 21.3. The third-order valence-corrected chi connectivity index (χ3v) is 7.11. The molecule has 8 nitrogen and oxygen atoms in total. The molecule has 2 aromatic carbocycles. The molecule has 8 heteroatoms. The Morgan fingerprint density at radius 2 is 1.59 bits per heavy atom. The maximum absolute atomic E-state index is 12.9. The van der Waals surface area contributed by atoms with Gasteiger partial charge in [0.25, 0.3) is 0 Å². The number of hydrogen-bond acceptors (Lipinski definition) is 6. The molecule has 2 saturated heterocycles. The van der Waals surface area contributed by atoms with Gasteiger partial charge in [0.15, 0.2) is 5.82 Å². The zero-order valence-corrected chi connectivity index (χ0v) is 21.3. The number of ether oxygens (including phenoxy) is 1. The van der Waals surface area contributed by atoms with Crippen molar-refractivity contribution >= 4 is 17.6 Å². The molecular weight excluding hydrogens is 466 g/mol. The molecule has 37 heavy (non-hydrogen) atoms. The number of rotatable bonds is 7. The first-order chi connectivity index (χ1) is 18.1. The van der Waals surface area contributed by atoms with Crippen molar-refractivity contribution in [1.82, 2.24) is 20.0 Å². The van der Waals surface area contributed by atoms with E-state index in [1.54, 1.807) is 4.90 Å². The van der Waals surface area contributed by atoms with Crippen LogP contribution in [-0.4, -0.2) is 83.8 Å². The highest BCUT2D eigenvalue weighted by molar-refractivity contribution is 5.84. The molecule has 0 spiro atoms. The SMILES string of the molecule is CC(=O)N(CC(=O)N1CCN(c2ccc(-c3ccc(-c4ccccc4)cc3)nn2)CC1)CC1CCCO1. The number of benzene rings is 2. The maximum Gasteiger partial charge on any atom is 0.242 e. The number of nitrogens with zero attached hydrogens (tertiary/aromatic N) is 5. The Balaban J connectivity index is 1.14. The van der Waals surface area contributed by atoms with Gasteiger partial charge in [0.1, 0.15) is 0 Å². The number of anilines is 1. The second-order valence-corrected chi connectivity index (χ2v) is 9.62. The van der Waals surface area contributed by atoms with Gasteiger partial charge in [0, 0.05) is 51.8 Å². The molecule has 3 aromatic rings. The smallest absolute Gasteiger partial charge is 0.242 e. The van der Waals surface area contributed by atoms with Crippen molar-refractivity contribution in [3.05, 3.63) is 66.7 Å². The molecular formula is C29H33N5O3. The quantitative estimate of drug-likeness (QED) is 0.495. The van der Waals surface area contributed by atoms with Crippen LogP contribution in [-0.2, 0) is 14.3 Å². The van der Waals surface area contributed by atoms with E-state index in [4.69, 9.17) is 4.74 Å². The number of piperazine rings is 1. The lowest BCUT2D eigenvalue weighted by Crippen LogP contribution is -2.52. The Hall–Kier alpha value is -3.78. The topological polar surface area (TPSA) is 78.9 Å². The first kappa shape index (κ1) is 24.9. The van der Waals surface area contributed by atoms with Crippen LogP contribution >= 0.6 is 0 Å². The molecule has 2 aliphatic rings. The van der Waals surface area contributed by atoms with Crippen LogP contribution in [0.2, 0.25) is 0 Å². The predicted octanol–water partition coefficient (Wildman–Crippen LogP) is 3.49. The van der Waals surface area contributed by atoms with Crippen LogP contribution in [0.3, 0.4) is 0 Å². The first-order valence-corrected chi connectivity index (χ1v) is 13.0. The standard InChI is InChI=1S/C29H33N5O3/c1-22(35)34(20-26-8-5-19-37-26)21-29(36)33-17-15-32(16-18-33)28-14-13-27(30-31-28)25-11-9-24(10-12-25)23-6-3-2-4-7-23/h2-4,6-7,9-14,26H,5,8,15-21H2,1H3. The Morgan fingerprint density at radius 3 is 2.22 bits per heavy atom. The van der Waals surface area contributed by atoms with Crippen LogP contribution in [0, 0.1) is 0 Å². The van der Waals surface area contributed by atoms with Gasteiger partial charge in [-0.05, 0) is 36.1 Å². The summed E-state index contributed by atoms with van der Waals surface area (Å²) in [5, 5.41) is 8.92. The number of aromatic nitrogens is 2. The lowest BCUT2D eigenvalue weighted by atomic mass is 10.0. The molecule has 5 rings (SSSR count). The molecule has 0 aliphatic carbocycles. The second-order valence-electron chi connectivity index (χ2n) is 9.62. The molecule has 192 valence electrons. The Labute approximate surface area is 217 Å². The lowest BCUT2D eigenvalue weighted by Gasteiger charge is -2.36. The van der Waals surface area contributed by atoms with Crippen LogP contribution in [0.4, 0.5) is 5.82 Å². The Bertz CT molecular complexity index is 1190. The van der Waals surface area contributed by atoms with Gasteiger partial charge in [-0.2, -0.15) is 0 Å². The zero-order chi connectivity index (χ0) is 25.6. The van der Waals surface area contributed by atoms with E-state index in [0.29, 0.717) is 32.7 Å². The minimum absolute atomic E-state index is 0.0202. The van der Waals surface area contributed by atoms with E-state index in [-0.39, 0.29) is 24.5 Å². The minimum atomic E-state index is -0.0902. The molecule has 2 fully saturated rings. The van der Waals surface area contributed by atoms with Crippen molar-refractivity contribution in [2.75, 3.05) is 50.8 Å². The molecule has 2 amide bonds. The summed E-state index contributed by atoms with van der Waals surface area (Å²) in [7, 11) is 0. The summed E-state index contributed by atoms with van der Waals surface area (Å²) in [5.41, 5.74) is 4.20. The van der Waals surface area contributed by atoms with Crippen molar-refractivity contribution in [3.8, 4) is 22.4 Å². The fourth-order valence-electron chi connectivity index (χ4n) is 4.90. The fourth-order valence-corrected chi connectivity index (χ4v) is 4.90. The molecule has 2 aliphatic heterocycles. The molecule has 0 N–H and O–H groups in total. The van der Waals surface area contributed by atoms with Gasteiger partial charge in [-0.3, -0.25) is 9.59 Å². The number of carbonyl (C=O) groups is 2. The highest BCUT2D eigenvalue weighted by atomic mass is 16.5. The molecule has 0 radical (unpaired) electrons. The van der Waals surface area contributed by atoms with Gasteiger partial charge < -0.3 is 19.4 Å². The molecule has 1 aromatic heterocycles. The highest BCUT2D eigenvalue weighted by Crippen LogP contribution is 2.24. The van der Waals surface area contributed by atoms with Gasteiger partial charge >= 0.3 is 0 Å². The van der Waals surface area contributed by atoms with Crippen molar-refractivity contribution in [2.45, 2.75) is 25.9 Å². The van der Waals surface area contributed by atoms with Crippen LogP contribution in [0.25, 0.3) is 22.4 Å². The van der Waals surface area contributed by atoms with Crippen LogP contribution in [0.1, 0.15) is 19.8 Å². The number of amides is 2. The highest BCUT2D eigenvalue weighted by Gasteiger charge is 2.27. The van der Waals surface area contributed by atoms with Crippen molar-refractivity contribution < 1.29 is 14.3 Å². The Kier molecular flexibility index (Phi) is 7.75. The van der Waals surface area contributed by atoms with E-state index < -0.39 is 0 Å². The molecule has 1 atom stereocenters. The van der Waals surface area contributed by atoms with Crippen molar-refractivity contribution in [1.29, 1.82) is 0 Å². The molecule has 0 saturated carbocycles. The fraction of sp³-hybridized carbons (Fsp3) is 0.379. The summed E-state index contributed by atoms with van der Waals surface area (Å²) in [6.45, 7) is 5.38. The average Bonchev–Trinajstić information content (AvgIpc) is 3.47. The number of hydrogen-bond donors (Lipinski definition) is 0.